The van der Waals surface area contributed by atoms with E-state index in [-0.39, 0.29) is 17.8 Å². The van der Waals surface area contributed by atoms with Crippen LogP contribution in [0.3, 0.4) is 0 Å². The van der Waals surface area contributed by atoms with Gasteiger partial charge in [0.1, 0.15) is 5.82 Å². The van der Waals surface area contributed by atoms with Crippen LogP contribution in [0.1, 0.15) is 69.5 Å². The lowest BCUT2D eigenvalue weighted by Crippen LogP contribution is -2.37. The fourth-order valence-electron chi connectivity index (χ4n) is 4.73. The number of rotatable bonds is 7. The highest BCUT2D eigenvalue weighted by molar-refractivity contribution is 5.56. The number of nitrogens with two attached hydrogens (primary N) is 1. The Kier molecular flexibility index (Phi) is 7.36. The summed E-state index contributed by atoms with van der Waals surface area (Å²) in [5.41, 5.74) is 0.523. The SMILES string of the molecule is COc1ccc(Nc2nc(C3CCCCCC3)nc(N(N)CC3CCC(O)C3)n2)cc1F. The van der Waals surface area contributed by atoms with Crippen molar-refractivity contribution >= 4 is 17.6 Å². The van der Waals surface area contributed by atoms with Crippen molar-refractivity contribution < 1.29 is 14.2 Å². The third-order valence-corrected chi connectivity index (χ3v) is 6.49. The van der Waals surface area contributed by atoms with Gasteiger partial charge < -0.3 is 15.2 Å². The molecule has 2 saturated carbocycles. The van der Waals surface area contributed by atoms with Gasteiger partial charge in [0.2, 0.25) is 11.9 Å². The minimum absolute atomic E-state index is 0.179. The number of nitrogens with one attached hydrogen (secondary N) is 1. The van der Waals surface area contributed by atoms with E-state index in [0.29, 0.717) is 30.0 Å². The number of methoxy groups -OCH3 is 1. The van der Waals surface area contributed by atoms with Crippen molar-refractivity contribution in [1.82, 2.24) is 15.0 Å². The molecule has 1 aromatic heterocycles. The maximum Gasteiger partial charge on any atom is 0.244 e. The number of hydrogen-bond acceptors (Lipinski definition) is 8. The second-order valence-corrected chi connectivity index (χ2v) is 8.97. The summed E-state index contributed by atoms with van der Waals surface area (Å²) < 4.78 is 19.2. The van der Waals surface area contributed by atoms with E-state index >= 15 is 0 Å². The highest BCUT2D eigenvalue weighted by Crippen LogP contribution is 2.32. The highest BCUT2D eigenvalue weighted by atomic mass is 19.1. The summed E-state index contributed by atoms with van der Waals surface area (Å²) in [6.45, 7) is 0.571. The topological polar surface area (TPSA) is 109 Å². The van der Waals surface area contributed by atoms with Gasteiger partial charge >= 0.3 is 0 Å². The molecule has 2 aromatic rings. The first-order chi connectivity index (χ1) is 15.5. The van der Waals surface area contributed by atoms with Crippen LogP contribution in [0.15, 0.2) is 18.2 Å². The van der Waals surface area contributed by atoms with Crippen LogP contribution >= 0.6 is 0 Å². The van der Waals surface area contributed by atoms with E-state index in [1.807, 2.05) is 0 Å². The number of halogens is 1. The Morgan fingerprint density at radius 3 is 2.56 bits per heavy atom. The number of benzene rings is 1. The zero-order chi connectivity index (χ0) is 22.5. The molecule has 0 radical (unpaired) electrons. The first-order valence-corrected chi connectivity index (χ1v) is 11.6. The van der Waals surface area contributed by atoms with E-state index in [0.717, 1.165) is 50.8 Å². The second kappa shape index (κ2) is 10.4. The van der Waals surface area contributed by atoms with Gasteiger partial charge in [0.25, 0.3) is 0 Å². The minimum Gasteiger partial charge on any atom is -0.494 e. The number of anilines is 3. The van der Waals surface area contributed by atoms with E-state index in [9.17, 15) is 9.50 Å². The van der Waals surface area contributed by atoms with E-state index < -0.39 is 5.82 Å². The molecular formula is C23H33FN6O2. The minimum atomic E-state index is -0.462. The average Bonchev–Trinajstić information content (AvgIpc) is 3.01. The van der Waals surface area contributed by atoms with Crippen molar-refractivity contribution in [2.75, 3.05) is 24.0 Å². The Morgan fingerprint density at radius 1 is 1.12 bits per heavy atom. The summed E-state index contributed by atoms with van der Waals surface area (Å²) >= 11 is 0. The average molecular weight is 445 g/mol. The Labute approximate surface area is 188 Å². The molecule has 2 atom stereocenters. The predicted molar refractivity (Wildman–Crippen MR) is 121 cm³/mol. The maximum atomic E-state index is 14.2. The quantitative estimate of drug-likeness (QED) is 0.333. The first-order valence-electron chi connectivity index (χ1n) is 11.6. The van der Waals surface area contributed by atoms with Crippen molar-refractivity contribution in [2.45, 2.75) is 69.8 Å². The van der Waals surface area contributed by atoms with E-state index in [1.165, 1.54) is 26.0 Å². The third-order valence-electron chi connectivity index (χ3n) is 6.49. The lowest BCUT2D eigenvalue weighted by molar-refractivity contribution is 0.178. The van der Waals surface area contributed by atoms with Gasteiger partial charge in [0, 0.05) is 24.2 Å². The van der Waals surface area contributed by atoms with Gasteiger partial charge in [0.05, 0.1) is 13.2 Å². The number of ether oxygens (including phenoxy) is 1. The molecule has 174 valence electrons. The molecule has 0 bridgehead atoms. The van der Waals surface area contributed by atoms with Gasteiger partial charge in [0.15, 0.2) is 11.6 Å². The summed E-state index contributed by atoms with van der Waals surface area (Å²) in [5.74, 6) is 8.13. The lowest BCUT2D eigenvalue weighted by atomic mass is 10.00. The monoisotopic (exact) mass is 444 g/mol. The molecule has 0 amide bonds. The summed E-state index contributed by atoms with van der Waals surface area (Å²) in [4.78, 5) is 13.9. The fourth-order valence-corrected chi connectivity index (χ4v) is 4.73. The molecule has 0 saturated heterocycles. The molecular weight excluding hydrogens is 411 g/mol. The van der Waals surface area contributed by atoms with Crippen molar-refractivity contribution in [3.63, 3.8) is 0 Å². The molecule has 8 nitrogen and oxygen atoms in total. The van der Waals surface area contributed by atoms with Crippen molar-refractivity contribution in [3.05, 3.63) is 29.8 Å². The van der Waals surface area contributed by atoms with Crippen molar-refractivity contribution in [2.24, 2.45) is 11.8 Å². The van der Waals surface area contributed by atoms with E-state index in [4.69, 9.17) is 15.6 Å². The Hall–Kier alpha value is -2.52. The molecule has 4 N–H and O–H groups in total. The molecule has 1 heterocycles. The van der Waals surface area contributed by atoms with Gasteiger partial charge in [-0.25, -0.2) is 10.2 Å². The standard InChI is InChI=1S/C23H33FN6O2/c1-32-20-11-9-17(13-19(20)24)26-22-27-21(16-6-4-2-3-5-7-16)28-23(29-22)30(25)14-15-8-10-18(31)12-15/h9,11,13,15-16,18,31H,2-8,10,12,14,25H2,1H3,(H,26,27,28,29). The molecule has 1 aromatic carbocycles. The smallest absolute Gasteiger partial charge is 0.244 e. The predicted octanol–water partition coefficient (Wildman–Crippen LogP) is 4.04. The molecule has 2 aliphatic rings. The fraction of sp³-hybridized carbons (Fsp3) is 0.609. The first kappa shape index (κ1) is 22.7. The molecule has 0 aliphatic heterocycles. The maximum absolute atomic E-state index is 14.2. The van der Waals surface area contributed by atoms with Gasteiger partial charge in [-0.1, -0.05) is 25.7 Å². The number of aliphatic hydroxyl groups excluding tert-OH is 1. The van der Waals surface area contributed by atoms with Gasteiger partial charge in [-0.3, -0.25) is 5.01 Å². The van der Waals surface area contributed by atoms with Gasteiger partial charge in [-0.15, -0.1) is 0 Å². The van der Waals surface area contributed by atoms with Crippen LogP contribution in [-0.4, -0.2) is 39.8 Å². The zero-order valence-corrected chi connectivity index (χ0v) is 18.6. The zero-order valence-electron chi connectivity index (χ0n) is 18.6. The normalized spacial score (nSPS) is 21.9. The Morgan fingerprint density at radius 2 is 1.91 bits per heavy atom. The lowest BCUT2D eigenvalue weighted by Gasteiger charge is -2.22. The molecule has 4 rings (SSSR count). The van der Waals surface area contributed by atoms with Crippen LogP contribution in [0.2, 0.25) is 0 Å². The largest absolute Gasteiger partial charge is 0.494 e. The summed E-state index contributed by atoms with van der Waals surface area (Å²) in [5, 5.41) is 14.5. The molecule has 9 heteroatoms. The molecule has 2 fully saturated rings. The highest BCUT2D eigenvalue weighted by Gasteiger charge is 2.26. The number of aliphatic hydroxyl groups is 1. The summed E-state index contributed by atoms with van der Waals surface area (Å²) in [6.07, 6.45) is 9.09. The summed E-state index contributed by atoms with van der Waals surface area (Å²) in [6, 6.07) is 4.64. The van der Waals surface area contributed by atoms with Crippen molar-refractivity contribution in [1.29, 1.82) is 0 Å². The van der Waals surface area contributed by atoms with Crippen LogP contribution in [0, 0.1) is 11.7 Å². The van der Waals surface area contributed by atoms with E-state index in [2.05, 4.69) is 15.3 Å². The Bertz CT molecular complexity index is 906. The van der Waals surface area contributed by atoms with Crippen LogP contribution in [0.4, 0.5) is 22.0 Å². The van der Waals surface area contributed by atoms with Crippen LogP contribution in [0.25, 0.3) is 0 Å². The number of hydrogen-bond donors (Lipinski definition) is 3. The number of hydrazine groups is 1. The number of nitrogens with zero attached hydrogens (tertiary/aromatic N) is 4. The van der Waals surface area contributed by atoms with Crippen molar-refractivity contribution in [3.8, 4) is 5.75 Å². The van der Waals surface area contributed by atoms with E-state index in [1.54, 1.807) is 17.1 Å². The van der Waals surface area contributed by atoms with Gasteiger partial charge in [-0.2, -0.15) is 15.0 Å². The molecule has 2 unspecified atom stereocenters. The molecule has 32 heavy (non-hydrogen) atoms. The summed E-state index contributed by atoms with van der Waals surface area (Å²) in [7, 11) is 1.43. The van der Waals surface area contributed by atoms with Crippen LogP contribution in [0.5, 0.6) is 5.75 Å². The van der Waals surface area contributed by atoms with Gasteiger partial charge in [-0.05, 0) is 50.2 Å². The molecule has 0 spiro atoms. The van der Waals surface area contributed by atoms with Crippen LogP contribution < -0.4 is 20.9 Å². The third kappa shape index (κ3) is 5.63. The Balaban J connectivity index is 1.59. The second-order valence-electron chi connectivity index (χ2n) is 8.97. The van der Waals surface area contributed by atoms with Crippen LogP contribution in [-0.2, 0) is 0 Å². The number of aromatic nitrogens is 3. The molecule has 2 aliphatic carbocycles.